The fraction of sp³-hybridized carbons (Fsp3) is 0.826. The van der Waals surface area contributed by atoms with Crippen LogP contribution in [0.3, 0.4) is 0 Å². The lowest BCUT2D eigenvalue weighted by Crippen LogP contribution is -2.38. The molecule has 1 rings (SSSR count). The molecule has 1 heterocycles. The topological polar surface area (TPSA) is 72.8 Å². The zero-order chi connectivity index (χ0) is 20.8. The molecule has 1 aliphatic rings. The third kappa shape index (κ3) is 9.22. The van der Waals surface area contributed by atoms with Gasteiger partial charge in [0.15, 0.2) is 0 Å². The molecule has 0 aromatic carbocycles. The SMILES string of the molecule is CCCCCCCCCCCCC(OC(C)=O)C1=CC(=O)OC1(O)CCCC. The molecule has 1 aliphatic heterocycles. The first-order chi connectivity index (χ1) is 13.4. The Labute approximate surface area is 170 Å². The average Bonchev–Trinajstić information content (AvgIpc) is 2.95. The molecule has 0 saturated carbocycles. The zero-order valence-corrected chi connectivity index (χ0v) is 18.1. The zero-order valence-electron chi connectivity index (χ0n) is 18.1. The van der Waals surface area contributed by atoms with Gasteiger partial charge in [-0.1, -0.05) is 78.1 Å². The van der Waals surface area contributed by atoms with Gasteiger partial charge in [0.05, 0.1) is 0 Å². The standard InChI is InChI=1S/C23H40O5/c1-4-6-8-9-10-11-12-13-14-15-16-21(27-19(3)24)20-18-22(25)28-23(20,26)17-7-5-2/h18,21,26H,4-17H2,1-3H3. The number of esters is 2. The van der Waals surface area contributed by atoms with Gasteiger partial charge >= 0.3 is 11.9 Å². The number of carbonyl (C=O) groups is 2. The molecule has 2 atom stereocenters. The van der Waals surface area contributed by atoms with E-state index >= 15 is 0 Å². The van der Waals surface area contributed by atoms with Crippen molar-refractivity contribution < 1.29 is 24.2 Å². The molecule has 162 valence electrons. The highest BCUT2D eigenvalue weighted by Crippen LogP contribution is 2.35. The minimum absolute atomic E-state index is 0.330. The Morgan fingerprint density at radius 2 is 1.54 bits per heavy atom. The minimum atomic E-state index is -1.63. The van der Waals surface area contributed by atoms with Crippen LogP contribution >= 0.6 is 0 Å². The van der Waals surface area contributed by atoms with Crippen molar-refractivity contribution in [3.05, 3.63) is 11.6 Å². The fourth-order valence-corrected chi connectivity index (χ4v) is 3.75. The Morgan fingerprint density at radius 1 is 1.00 bits per heavy atom. The number of carbonyl (C=O) groups excluding carboxylic acids is 2. The van der Waals surface area contributed by atoms with Gasteiger partial charge in [-0.3, -0.25) is 4.79 Å². The number of hydrogen-bond donors (Lipinski definition) is 1. The number of ether oxygens (including phenoxy) is 2. The molecule has 1 N–H and O–H groups in total. The van der Waals surface area contributed by atoms with Crippen molar-refractivity contribution >= 4 is 11.9 Å². The van der Waals surface area contributed by atoms with Crippen molar-refractivity contribution in [3.8, 4) is 0 Å². The van der Waals surface area contributed by atoms with E-state index in [4.69, 9.17) is 9.47 Å². The highest BCUT2D eigenvalue weighted by Gasteiger charge is 2.45. The van der Waals surface area contributed by atoms with Gasteiger partial charge in [-0.2, -0.15) is 0 Å². The summed E-state index contributed by atoms with van der Waals surface area (Å²) in [4.78, 5) is 23.3. The largest absolute Gasteiger partial charge is 0.458 e. The number of rotatable bonds is 16. The maximum absolute atomic E-state index is 11.8. The van der Waals surface area contributed by atoms with Crippen LogP contribution in [-0.4, -0.2) is 28.9 Å². The summed E-state index contributed by atoms with van der Waals surface area (Å²) in [5, 5.41) is 10.8. The van der Waals surface area contributed by atoms with Crippen molar-refractivity contribution in [2.24, 2.45) is 0 Å². The summed E-state index contributed by atoms with van der Waals surface area (Å²) in [7, 11) is 0. The van der Waals surface area contributed by atoms with Crippen LogP contribution in [0.2, 0.25) is 0 Å². The van der Waals surface area contributed by atoms with Crippen LogP contribution in [-0.2, 0) is 19.1 Å². The van der Waals surface area contributed by atoms with Crippen LogP contribution in [0.15, 0.2) is 11.6 Å². The molecular formula is C23H40O5. The van der Waals surface area contributed by atoms with Gasteiger partial charge in [0.2, 0.25) is 5.79 Å². The first-order valence-electron chi connectivity index (χ1n) is 11.3. The molecular weight excluding hydrogens is 356 g/mol. The smallest absolute Gasteiger partial charge is 0.333 e. The van der Waals surface area contributed by atoms with E-state index in [2.05, 4.69) is 6.92 Å². The predicted octanol–water partition coefficient (Wildman–Crippen LogP) is 5.59. The van der Waals surface area contributed by atoms with E-state index in [0.29, 0.717) is 18.4 Å². The average molecular weight is 397 g/mol. The first-order valence-corrected chi connectivity index (χ1v) is 11.3. The number of unbranched alkanes of at least 4 members (excludes halogenated alkanes) is 10. The molecule has 0 aromatic rings. The van der Waals surface area contributed by atoms with Crippen molar-refractivity contribution in [2.75, 3.05) is 0 Å². The lowest BCUT2D eigenvalue weighted by molar-refractivity contribution is -0.187. The number of cyclic esters (lactones) is 1. The van der Waals surface area contributed by atoms with Crippen LogP contribution in [0.5, 0.6) is 0 Å². The van der Waals surface area contributed by atoms with Crippen molar-refractivity contribution in [1.82, 2.24) is 0 Å². The van der Waals surface area contributed by atoms with Crippen molar-refractivity contribution in [1.29, 1.82) is 0 Å². The van der Waals surface area contributed by atoms with Crippen LogP contribution in [0.4, 0.5) is 0 Å². The molecule has 0 aromatic heterocycles. The van der Waals surface area contributed by atoms with E-state index in [1.54, 1.807) is 0 Å². The summed E-state index contributed by atoms with van der Waals surface area (Å²) < 4.78 is 10.6. The Bertz CT molecular complexity index is 499. The quantitative estimate of drug-likeness (QED) is 0.272. The van der Waals surface area contributed by atoms with E-state index in [1.165, 1.54) is 57.9 Å². The van der Waals surface area contributed by atoms with Crippen molar-refractivity contribution in [3.63, 3.8) is 0 Å². The maximum atomic E-state index is 11.8. The predicted molar refractivity (Wildman–Crippen MR) is 111 cm³/mol. The summed E-state index contributed by atoms with van der Waals surface area (Å²) in [5.41, 5.74) is 0.400. The first kappa shape index (κ1) is 24.7. The second-order valence-electron chi connectivity index (χ2n) is 7.98. The van der Waals surface area contributed by atoms with Gasteiger partial charge in [-0.05, 0) is 19.3 Å². The Balaban J connectivity index is 2.43. The van der Waals surface area contributed by atoms with Gasteiger partial charge in [-0.15, -0.1) is 0 Å². The molecule has 0 fully saturated rings. The van der Waals surface area contributed by atoms with Gasteiger partial charge in [0, 0.05) is 25.0 Å². The Kier molecular flexibility index (Phi) is 12.1. The second kappa shape index (κ2) is 13.8. The van der Waals surface area contributed by atoms with E-state index in [-0.39, 0.29) is 0 Å². The van der Waals surface area contributed by atoms with Crippen LogP contribution in [0.25, 0.3) is 0 Å². The van der Waals surface area contributed by atoms with Crippen LogP contribution in [0, 0.1) is 0 Å². The molecule has 28 heavy (non-hydrogen) atoms. The summed E-state index contributed by atoms with van der Waals surface area (Å²) in [6, 6.07) is 0. The van der Waals surface area contributed by atoms with Crippen molar-refractivity contribution in [2.45, 2.75) is 123 Å². The molecule has 5 heteroatoms. The summed E-state index contributed by atoms with van der Waals surface area (Å²) in [6.07, 6.45) is 15.5. The lowest BCUT2D eigenvalue weighted by atomic mass is 9.93. The van der Waals surface area contributed by atoms with Gasteiger partial charge < -0.3 is 14.6 Å². The third-order valence-corrected chi connectivity index (χ3v) is 5.34. The Morgan fingerprint density at radius 3 is 2.07 bits per heavy atom. The summed E-state index contributed by atoms with van der Waals surface area (Å²) in [6.45, 7) is 5.60. The van der Waals surface area contributed by atoms with E-state index in [0.717, 1.165) is 32.1 Å². The van der Waals surface area contributed by atoms with Gasteiger partial charge in [0.1, 0.15) is 6.10 Å². The maximum Gasteiger partial charge on any atom is 0.333 e. The minimum Gasteiger partial charge on any atom is -0.458 e. The second-order valence-corrected chi connectivity index (χ2v) is 7.98. The van der Waals surface area contributed by atoms with E-state index in [9.17, 15) is 14.7 Å². The molecule has 0 aliphatic carbocycles. The monoisotopic (exact) mass is 396 g/mol. The van der Waals surface area contributed by atoms with E-state index in [1.807, 2.05) is 6.92 Å². The molecule has 5 nitrogen and oxygen atoms in total. The molecule has 0 saturated heterocycles. The Hall–Kier alpha value is -1.36. The van der Waals surface area contributed by atoms with E-state index < -0.39 is 23.8 Å². The number of aliphatic hydroxyl groups is 1. The van der Waals surface area contributed by atoms with Gasteiger partial charge in [-0.25, -0.2) is 4.79 Å². The molecule has 0 bridgehead atoms. The summed E-state index contributed by atoms with van der Waals surface area (Å²) in [5.74, 6) is -2.60. The normalized spacial score (nSPS) is 20.0. The fourth-order valence-electron chi connectivity index (χ4n) is 3.75. The van der Waals surface area contributed by atoms with Gasteiger partial charge in [0.25, 0.3) is 0 Å². The molecule has 2 unspecified atom stereocenters. The highest BCUT2D eigenvalue weighted by atomic mass is 16.7. The van der Waals surface area contributed by atoms with Crippen LogP contribution < -0.4 is 0 Å². The molecule has 0 radical (unpaired) electrons. The highest BCUT2D eigenvalue weighted by molar-refractivity contribution is 5.86. The molecule has 0 spiro atoms. The lowest BCUT2D eigenvalue weighted by Gasteiger charge is -2.29. The summed E-state index contributed by atoms with van der Waals surface area (Å²) >= 11 is 0. The third-order valence-electron chi connectivity index (χ3n) is 5.34. The number of hydrogen-bond acceptors (Lipinski definition) is 5. The molecule has 0 amide bonds. The van der Waals surface area contributed by atoms with Crippen LogP contribution in [0.1, 0.15) is 111 Å².